The van der Waals surface area contributed by atoms with Crippen LogP contribution >= 0.6 is 0 Å². The quantitative estimate of drug-likeness (QED) is 0.0261. The van der Waals surface area contributed by atoms with E-state index in [0.717, 1.165) is 128 Å². The largest absolute Gasteiger partial charge is 0.462 e. The highest BCUT2D eigenvalue weighted by Gasteiger charge is 2.19. The Morgan fingerprint density at radius 3 is 0.813 bits per heavy atom. The van der Waals surface area contributed by atoms with E-state index in [1.807, 2.05) is 0 Å². The van der Waals surface area contributed by atoms with Crippen molar-refractivity contribution >= 4 is 17.9 Å². The third-order valence-electron chi connectivity index (χ3n) is 13.3. The minimum atomic E-state index is -0.787. The number of unbranched alkanes of at least 4 members (excludes halogenated alkanes) is 27. The van der Waals surface area contributed by atoms with Gasteiger partial charge < -0.3 is 14.2 Å². The maximum atomic E-state index is 12.9. The summed E-state index contributed by atoms with van der Waals surface area (Å²) in [5.74, 6) is -0.909. The summed E-state index contributed by atoms with van der Waals surface area (Å²) in [6, 6.07) is 0. The van der Waals surface area contributed by atoms with Gasteiger partial charge in [0.05, 0.1) is 0 Å². The smallest absolute Gasteiger partial charge is 0.306 e. The topological polar surface area (TPSA) is 78.9 Å². The fraction of sp³-hybridized carbons (Fsp3) is 0.696. The van der Waals surface area contributed by atoms with Gasteiger partial charge in [0.25, 0.3) is 0 Å². The third kappa shape index (κ3) is 60.8. The Kier molecular flexibility index (Phi) is 59.3. The Morgan fingerprint density at radius 1 is 0.280 bits per heavy atom. The highest BCUT2D eigenvalue weighted by atomic mass is 16.6. The number of esters is 3. The van der Waals surface area contributed by atoms with E-state index in [-0.39, 0.29) is 31.1 Å². The second-order valence-electron chi connectivity index (χ2n) is 20.6. The second kappa shape index (κ2) is 62.6. The fourth-order valence-corrected chi connectivity index (χ4v) is 8.57. The first kappa shape index (κ1) is 71.1. The first-order valence-corrected chi connectivity index (χ1v) is 31.4. The maximum absolute atomic E-state index is 12.9. The predicted molar refractivity (Wildman–Crippen MR) is 325 cm³/mol. The summed E-state index contributed by atoms with van der Waals surface area (Å²) in [4.78, 5) is 38.1. The van der Waals surface area contributed by atoms with Gasteiger partial charge in [0.2, 0.25) is 0 Å². The van der Waals surface area contributed by atoms with Gasteiger partial charge in [-0.3, -0.25) is 14.4 Å². The van der Waals surface area contributed by atoms with Crippen LogP contribution in [0.25, 0.3) is 0 Å². The van der Waals surface area contributed by atoms with Gasteiger partial charge in [-0.05, 0) is 109 Å². The minimum Gasteiger partial charge on any atom is -0.462 e. The molecule has 1 unspecified atom stereocenters. The Labute approximate surface area is 463 Å². The van der Waals surface area contributed by atoms with Crippen LogP contribution in [0.3, 0.4) is 0 Å². The molecule has 0 fully saturated rings. The molecule has 0 amide bonds. The number of hydrogen-bond donors (Lipinski definition) is 0. The average molecular weight is 1040 g/mol. The van der Waals surface area contributed by atoms with E-state index in [1.54, 1.807) is 0 Å². The van der Waals surface area contributed by atoms with Crippen molar-refractivity contribution in [3.05, 3.63) is 109 Å². The van der Waals surface area contributed by atoms with Crippen LogP contribution in [0.1, 0.15) is 290 Å². The van der Waals surface area contributed by atoms with Crippen LogP contribution in [0.15, 0.2) is 109 Å². The van der Waals surface area contributed by atoms with Gasteiger partial charge in [0.15, 0.2) is 6.10 Å². The maximum Gasteiger partial charge on any atom is 0.306 e. The van der Waals surface area contributed by atoms with Crippen molar-refractivity contribution in [2.24, 2.45) is 0 Å². The zero-order chi connectivity index (χ0) is 54.3. The number of ether oxygens (including phenoxy) is 3. The molecule has 0 aliphatic carbocycles. The molecule has 0 rings (SSSR count). The number of allylic oxidation sites excluding steroid dienone is 18. The summed E-state index contributed by atoms with van der Waals surface area (Å²) in [6.45, 7) is 6.47. The Bertz CT molecular complexity index is 1520. The highest BCUT2D eigenvalue weighted by Crippen LogP contribution is 2.15. The van der Waals surface area contributed by atoms with Crippen molar-refractivity contribution in [1.82, 2.24) is 0 Å². The molecule has 0 aliphatic heterocycles. The average Bonchev–Trinajstić information content (AvgIpc) is 3.41. The van der Waals surface area contributed by atoms with Crippen LogP contribution in [0.4, 0.5) is 0 Å². The van der Waals surface area contributed by atoms with Crippen LogP contribution in [-0.4, -0.2) is 37.2 Å². The first-order chi connectivity index (χ1) is 37.0. The van der Waals surface area contributed by atoms with Crippen LogP contribution in [0.5, 0.6) is 0 Å². The molecule has 428 valence electrons. The lowest BCUT2D eigenvalue weighted by Crippen LogP contribution is -2.30. The van der Waals surface area contributed by atoms with Crippen LogP contribution in [-0.2, 0) is 28.6 Å². The van der Waals surface area contributed by atoms with Crippen molar-refractivity contribution in [2.45, 2.75) is 297 Å². The van der Waals surface area contributed by atoms with Crippen molar-refractivity contribution < 1.29 is 28.6 Å². The fourth-order valence-electron chi connectivity index (χ4n) is 8.57. The van der Waals surface area contributed by atoms with Crippen LogP contribution < -0.4 is 0 Å². The van der Waals surface area contributed by atoms with E-state index in [9.17, 15) is 14.4 Å². The van der Waals surface area contributed by atoms with Crippen molar-refractivity contribution in [3.8, 4) is 0 Å². The SMILES string of the molecule is CC/C=C\C/C=C\C/C=C\C/C=C\C/C=C\C/C=C\C/C=C\CCCCCCCC(=O)OCC(COC(=O)CCCCCCCCC)OC(=O)CCCCCCCCCCCCC/C=C\C/C=C\CCCCCCC. The Balaban J connectivity index is 4.22. The standard InChI is InChI=1S/C69H116O6/c1-4-7-10-13-16-18-20-22-24-26-28-30-32-33-34-35-37-38-40-42-44-46-48-50-53-56-59-62-68(71)74-65-66(64-73-67(70)61-58-55-52-15-12-9-6-3)75-69(72)63-60-57-54-51-49-47-45-43-41-39-36-31-29-27-25-23-21-19-17-14-11-8-5-2/h7,10,16,18,21-24,27-30,33-34,37-38,42,44,66H,4-6,8-9,11-15,17,19-20,25-26,31-32,35-36,39-41,43,45-65H2,1-3H3/b10-7-,18-16-,23-21-,24-22-,29-27-,30-28-,34-33-,38-37-,44-42-. The van der Waals surface area contributed by atoms with E-state index >= 15 is 0 Å². The first-order valence-electron chi connectivity index (χ1n) is 31.4. The molecule has 0 bridgehead atoms. The number of hydrogen-bond acceptors (Lipinski definition) is 6. The van der Waals surface area contributed by atoms with Gasteiger partial charge in [-0.15, -0.1) is 0 Å². The van der Waals surface area contributed by atoms with Gasteiger partial charge in [-0.25, -0.2) is 0 Å². The molecular weight excluding hydrogens is 925 g/mol. The van der Waals surface area contributed by atoms with Gasteiger partial charge in [-0.2, -0.15) is 0 Å². The summed E-state index contributed by atoms with van der Waals surface area (Å²) >= 11 is 0. The molecule has 0 saturated heterocycles. The molecule has 6 heteroatoms. The molecule has 0 N–H and O–H groups in total. The van der Waals surface area contributed by atoms with E-state index in [1.165, 1.54) is 122 Å². The summed E-state index contributed by atoms with van der Waals surface area (Å²) in [7, 11) is 0. The molecular formula is C69H116O6. The molecule has 0 radical (unpaired) electrons. The molecule has 0 saturated carbocycles. The Morgan fingerprint density at radius 2 is 0.520 bits per heavy atom. The van der Waals surface area contributed by atoms with Gasteiger partial charge in [0, 0.05) is 19.3 Å². The number of carbonyl (C=O) groups excluding carboxylic acids is 3. The molecule has 0 aromatic heterocycles. The molecule has 1 atom stereocenters. The summed E-state index contributed by atoms with van der Waals surface area (Å²) in [5, 5.41) is 0. The van der Waals surface area contributed by atoms with Crippen LogP contribution in [0, 0.1) is 0 Å². The third-order valence-corrected chi connectivity index (χ3v) is 13.3. The van der Waals surface area contributed by atoms with Crippen molar-refractivity contribution in [1.29, 1.82) is 0 Å². The lowest BCUT2D eigenvalue weighted by Gasteiger charge is -2.18. The van der Waals surface area contributed by atoms with Crippen LogP contribution in [0.2, 0.25) is 0 Å². The molecule has 0 aromatic carbocycles. The summed E-state index contributed by atoms with van der Waals surface area (Å²) in [5.41, 5.74) is 0. The molecule has 0 aliphatic rings. The van der Waals surface area contributed by atoms with E-state index < -0.39 is 6.10 Å². The summed E-state index contributed by atoms with van der Waals surface area (Å²) in [6.07, 6.45) is 85.4. The van der Waals surface area contributed by atoms with Gasteiger partial charge in [-0.1, -0.05) is 271 Å². The Hall–Kier alpha value is -3.93. The molecule has 0 heterocycles. The number of carbonyl (C=O) groups is 3. The normalized spacial score (nSPS) is 12.8. The lowest BCUT2D eigenvalue weighted by molar-refractivity contribution is -0.167. The molecule has 0 spiro atoms. The molecule has 6 nitrogen and oxygen atoms in total. The summed E-state index contributed by atoms with van der Waals surface area (Å²) < 4.78 is 16.8. The van der Waals surface area contributed by atoms with E-state index in [4.69, 9.17) is 14.2 Å². The monoisotopic (exact) mass is 1040 g/mol. The number of rotatable bonds is 56. The highest BCUT2D eigenvalue weighted by molar-refractivity contribution is 5.71. The van der Waals surface area contributed by atoms with Gasteiger partial charge in [0.1, 0.15) is 13.2 Å². The zero-order valence-corrected chi connectivity index (χ0v) is 49.0. The van der Waals surface area contributed by atoms with E-state index in [0.29, 0.717) is 19.3 Å². The minimum absolute atomic E-state index is 0.0849. The zero-order valence-electron chi connectivity index (χ0n) is 49.0. The van der Waals surface area contributed by atoms with E-state index in [2.05, 4.69) is 130 Å². The molecule has 0 aromatic rings. The lowest BCUT2D eigenvalue weighted by atomic mass is 10.0. The second-order valence-corrected chi connectivity index (χ2v) is 20.6. The van der Waals surface area contributed by atoms with Gasteiger partial charge >= 0.3 is 17.9 Å². The van der Waals surface area contributed by atoms with Crippen molar-refractivity contribution in [3.63, 3.8) is 0 Å². The van der Waals surface area contributed by atoms with Crippen molar-refractivity contribution in [2.75, 3.05) is 13.2 Å². The molecule has 75 heavy (non-hydrogen) atoms. The predicted octanol–water partition coefficient (Wildman–Crippen LogP) is 21.4.